The molecule has 1 amide bonds. The van der Waals surface area contributed by atoms with E-state index in [4.69, 9.17) is 0 Å². The van der Waals surface area contributed by atoms with Gasteiger partial charge < -0.3 is 5.32 Å². The van der Waals surface area contributed by atoms with Crippen LogP contribution >= 0.6 is 0 Å². The highest BCUT2D eigenvalue weighted by Gasteiger charge is 2.43. The van der Waals surface area contributed by atoms with E-state index < -0.39 is 12.1 Å². The molecule has 1 saturated carbocycles. The highest BCUT2D eigenvalue weighted by Crippen LogP contribution is 2.48. The van der Waals surface area contributed by atoms with E-state index in [1.807, 2.05) is 36.6 Å². The number of hydrogen-bond donors (Lipinski definition) is 1. The molecule has 3 rings (SSSR count). The minimum absolute atomic E-state index is 0.0528. The number of aromatic nitrogens is 2. The number of amides is 1. The van der Waals surface area contributed by atoms with Gasteiger partial charge in [-0.25, -0.2) is 4.52 Å². The predicted molar refractivity (Wildman–Crippen MR) is 69.8 cm³/mol. The number of nitrogens with one attached hydrogen (secondary N) is 1. The highest BCUT2D eigenvalue weighted by molar-refractivity contribution is 5.81. The van der Waals surface area contributed by atoms with Crippen molar-refractivity contribution < 1.29 is 18.0 Å². The van der Waals surface area contributed by atoms with E-state index in [-0.39, 0.29) is 18.4 Å². The normalized spacial score (nSPS) is 21.5. The number of hydrogen-bond acceptors (Lipinski definition) is 2. The van der Waals surface area contributed by atoms with E-state index in [1.165, 1.54) is 0 Å². The van der Waals surface area contributed by atoms with Gasteiger partial charge in [-0.1, -0.05) is 6.07 Å². The fourth-order valence-electron chi connectivity index (χ4n) is 2.65. The Morgan fingerprint density at radius 2 is 2.29 bits per heavy atom. The fourth-order valence-corrected chi connectivity index (χ4v) is 2.65. The van der Waals surface area contributed by atoms with Crippen molar-refractivity contribution in [1.82, 2.24) is 14.9 Å². The molecule has 2 aromatic rings. The van der Waals surface area contributed by atoms with Gasteiger partial charge >= 0.3 is 12.1 Å². The maximum Gasteiger partial charge on any atom is 0.471 e. The van der Waals surface area contributed by atoms with Crippen LogP contribution in [0.4, 0.5) is 13.2 Å². The zero-order valence-corrected chi connectivity index (χ0v) is 11.3. The largest absolute Gasteiger partial charge is 0.471 e. The minimum Gasteiger partial charge on any atom is -0.348 e. The molecule has 21 heavy (non-hydrogen) atoms. The number of halogens is 3. The van der Waals surface area contributed by atoms with E-state index in [1.54, 1.807) is 4.52 Å². The molecule has 2 heterocycles. The van der Waals surface area contributed by atoms with Crippen LogP contribution in [0.5, 0.6) is 0 Å². The Kier molecular flexibility index (Phi) is 3.15. The summed E-state index contributed by atoms with van der Waals surface area (Å²) in [4.78, 5) is 10.8. The van der Waals surface area contributed by atoms with E-state index in [2.05, 4.69) is 5.10 Å². The first-order valence-corrected chi connectivity index (χ1v) is 6.66. The maximum absolute atomic E-state index is 12.1. The van der Waals surface area contributed by atoms with E-state index in [9.17, 15) is 18.0 Å². The molecule has 7 heteroatoms. The number of aryl methyl sites for hydroxylation is 1. The van der Waals surface area contributed by atoms with Crippen molar-refractivity contribution in [2.24, 2.45) is 5.92 Å². The number of carbonyl (C=O) groups is 1. The first-order valence-electron chi connectivity index (χ1n) is 6.66. The van der Waals surface area contributed by atoms with Crippen LogP contribution in [0.2, 0.25) is 0 Å². The van der Waals surface area contributed by atoms with Crippen LogP contribution in [0.25, 0.3) is 5.52 Å². The maximum atomic E-state index is 12.1. The van der Waals surface area contributed by atoms with Gasteiger partial charge in [-0.15, -0.1) is 0 Å². The van der Waals surface area contributed by atoms with Crippen LogP contribution < -0.4 is 5.32 Å². The zero-order valence-electron chi connectivity index (χ0n) is 11.3. The molecule has 2 atom stereocenters. The molecule has 4 nitrogen and oxygen atoms in total. The Bertz CT molecular complexity index is 692. The van der Waals surface area contributed by atoms with Crippen molar-refractivity contribution in [3.05, 3.63) is 35.7 Å². The smallest absolute Gasteiger partial charge is 0.348 e. The van der Waals surface area contributed by atoms with Crippen molar-refractivity contribution >= 4 is 11.4 Å². The first kappa shape index (κ1) is 13.9. The van der Waals surface area contributed by atoms with Crippen LogP contribution in [0, 0.1) is 12.8 Å². The summed E-state index contributed by atoms with van der Waals surface area (Å²) in [5, 5.41) is 6.26. The average molecular weight is 297 g/mol. The third-order valence-corrected chi connectivity index (χ3v) is 3.76. The molecular weight excluding hydrogens is 283 g/mol. The van der Waals surface area contributed by atoms with Crippen LogP contribution in [0.3, 0.4) is 0 Å². The molecule has 1 fully saturated rings. The minimum atomic E-state index is -4.81. The second kappa shape index (κ2) is 4.75. The quantitative estimate of drug-likeness (QED) is 0.945. The Labute approximate surface area is 118 Å². The summed E-state index contributed by atoms with van der Waals surface area (Å²) in [6.07, 6.45) is -2.19. The molecule has 1 aliphatic carbocycles. The lowest BCUT2D eigenvalue weighted by atomic mass is 10.1. The van der Waals surface area contributed by atoms with E-state index >= 15 is 0 Å². The molecule has 1 N–H and O–H groups in total. The predicted octanol–water partition coefficient (Wildman–Crippen LogP) is 2.42. The Balaban J connectivity index is 1.68. The Hall–Kier alpha value is -2.05. The van der Waals surface area contributed by atoms with Gasteiger partial charge in [-0.05, 0) is 42.9 Å². The number of fused-ring (bicyclic) bond motifs is 1. The molecule has 0 bridgehead atoms. The third-order valence-electron chi connectivity index (χ3n) is 3.76. The molecule has 1 aliphatic rings. The van der Waals surface area contributed by atoms with Gasteiger partial charge in [0.25, 0.3) is 0 Å². The van der Waals surface area contributed by atoms with E-state index in [0.29, 0.717) is 0 Å². The van der Waals surface area contributed by atoms with Gasteiger partial charge in [0.2, 0.25) is 0 Å². The summed E-state index contributed by atoms with van der Waals surface area (Å²) in [7, 11) is 0. The lowest BCUT2D eigenvalue weighted by molar-refractivity contribution is -0.173. The van der Waals surface area contributed by atoms with Crippen molar-refractivity contribution in [1.29, 1.82) is 0 Å². The van der Waals surface area contributed by atoms with Gasteiger partial charge in [-0.3, -0.25) is 4.79 Å². The van der Waals surface area contributed by atoms with Gasteiger partial charge in [0, 0.05) is 12.7 Å². The molecule has 0 aromatic carbocycles. The average Bonchev–Trinajstić information content (AvgIpc) is 3.06. The summed E-state index contributed by atoms with van der Waals surface area (Å²) < 4.78 is 38.2. The second-order valence-electron chi connectivity index (χ2n) is 5.39. The van der Waals surface area contributed by atoms with Crippen molar-refractivity contribution in [2.45, 2.75) is 25.4 Å². The SMILES string of the molecule is Cc1cc2c(C3CC3CNC(=O)C(F)(F)F)cccn2n1. The Morgan fingerprint density at radius 3 is 3.00 bits per heavy atom. The number of nitrogens with zero attached hydrogens (tertiary/aromatic N) is 2. The summed E-state index contributed by atoms with van der Waals surface area (Å²) in [6, 6.07) is 5.80. The number of rotatable bonds is 3. The summed E-state index contributed by atoms with van der Waals surface area (Å²) in [5.41, 5.74) is 2.94. The first-order chi connectivity index (χ1) is 9.86. The van der Waals surface area contributed by atoms with E-state index in [0.717, 1.165) is 23.2 Å². The molecule has 0 spiro atoms. The highest BCUT2D eigenvalue weighted by atomic mass is 19.4. The molecule has 112 valence electrons. The number of carbonyl (C=O) groups excluding carboxylic acids is 1. The second-order valence-corrected chi connectivity index (χ2v) is 5.39. The summed E-state index contributed by atoms with van der Waals surface area (Å²) in [6.45, 7) is 1.95. The van der Waals surface area contributed by atoms with Gasteiger partial charge in [-0.2, -0.15) is 18.3 Å². The Morgan fingerprint density at radius 1 is 1.52 bits per heavy atom. The lowest BCUT2D eigenvalue weighted by Crippen LogP contribution is -2.37. The summed E-state index contributed by atoms with van der Waals surface area (Å²) in [5.74, 6) is -1.64. The standard InChI is InChI=1S/C14H14F3N3O/c1-8-5-12-10(3-2-4-20(12)19-8)11-6-9(11)7-18-13(21)14(15,16)17/h2-5,9,11H,6-7H2,1H3,(H,18,21). The number of pyridine rings is 1. The van der Waals surface area contributed by atoms with Gasteiger partial charge in [0.15, 0.2) is 0 Å². The van der Waals surface area contributed by atoms with Crippen LogP contribution in [0.1, 0.15) is 23.6 Å². The molecule has 2 aromatic heterocycles. The topological polar surface area (TPSA) is 46.4 Å². The van der Waals surface area contributed by atoms with Crippen LogP contribution in [-0.4, -0.2) is 28.2 Å². The molecule has 0 radical (unpaired) electrons. The molecule has 0 saturated heterocycles. The fraction of sp³-hybridized carbons (Fsp3) is 0.429. The lowest BCUT2D eigenvalue weighted by Gasteiger charge is -2.08. The molecule has 2 unspecified atom stereocenters. The van der Waals surface area contributed by atoms with Crippen molar-refractivity contribution in [3.63, 3.8) is 0 Å². The van der Waals surface area contributed by atoms with Crippen molar-refractivity contribution in [3.8, 4) is 0 Å². The van der Waals surface area contributed by atoms with Gasteiger partial charge in [0.1, 0.15) is 0 Å². The van der Waals surface area contributed by atoms with Crippen LogP contribution in [0.15, 0.2) is 24.4 Å². The summed E-state index contributed by atoms with van der Waals surface area (Å²) >= 11 is 0. The third kappa shape index (κ3) is 2.72. The zero-order chi connectivity index (χ0) is 15.2. The van der Waals surface area contributed by atoms with Gasteiger partial charge in [0.05, 0.1) is 11.2 Å². The monoisotopic (exact) mass is 297 g/mol. The molecule has 0 aliphatic heterocycles. The van der Waals surface area contributed by atoms with Crippen molar-refractivity contribution in [2.75, 3.05) is 6.54 Å². The van der Waals surface area contributed by atoms with Crippen LogP contribution in [-0.2, 0) is 4.79 Å². The number of alkyl halides is 3. The molecular formula is C14H14F3N3O.